The van der Waals surface area contributed by atoms with Crippen LogP contribution in [0.2, 0.25) is 0 Å². The Bertz CT molecular complexity index is 418. The van der Waals surface area contributed by atoms with Crippen molar-refractivity contribution in [2.45, 2.75) is 38.1 Å². The zero-order chi connectivity index (χ0) is 14.4. The predicted octanol–water partition coefficient (Wildman–Crippen LogP) is 2.56. The minimum Gasteiger partial charge on any atom is -0.469 e. The Balaban J connectivity index is 1.91. The second kappa shape index (κ2) is 7.41. The molecule has 1 aromatic carbocycles. The Morgan fingerprint density at radius 3 is 2.70 bits per heavy atom. The molecule has 1 fully saturated rings. The summed E-state index contributed by atoms with van der Waals surface area (Å²) in [6, 6.07) is 10.3. The lowest BCUT2D eigenvalue weighted by atomic mass is 9.93. The maximum absolute atomic E-state index is 11.5. The lowest BCUT2D eigenvalue weighted by molar-refractivity contribution is -0.142. The van der Waals surface area contributed by atoms with E-state index in [2.05, 4.69) is 12.1 Å². The van der Waals surface area contributed by atoms with Gasteiger partial charge in [-0.3, -0.25) is 4.79 Å². The van der Waals surface area contributed by atoms with Gasteiger partial charge in [0.1, 0.15) is 0 Å². The second-order valence-corrected chi connectivity index (χ2v) is 5.14. The van der Waals surface area contributed by atoms with Crippen LogP contribution in [0.4, 0.5) is 0 Å². The molecule has 0 amide bonds. The van der Waals surface area contributed by atoms with Gasteiger partial charge in [0.2, 0.25) is 0 Å². The molecule has 4 nitrogen and oxygen atoms in total. The Labute approximate surface area is 120 Å². The van der Waals surface area contributed by atoms with Crippen LogP contribution in [-0.4, -0.2) is 32.6 Å². The van der Waals surface area contributed by atoms with Crippen molar-refractivity contribution in [1.29, 1.82) is 0 Å². The number of carbonyl (C=O) groups excluding carboxylic acids is 1. The van der Waals surface area contributed by atoms with Crippen molar-refractivity contribution >= 4 is 5.97 Å². The van der Waals surface area contributed by atoms with E-state index in [0.29, 0.717) is 6.42 Å². The van der Waals surface area contributed by atoms with Crippen LogP contribution < -0.4 is 0 Å². The molecule has 0 bridgehead atoms. The third kappa shape index (κ3) is 4.05. The number of aryl methyl sites for hydroxylation is 1. The first-order valence-corrected chi connectivity index (χ1v) is 7.02. The predicted molar refractivity (Wildman–Crippen MR) is 75.2 cm³/mol. The van der Waals surface area contributed by atoms with E-state index >= 15 is 0 Å². The van der Waals surface area contributed by atoms with E-state index in [-0.39, 0.29) is 24.3 Å². The van der Waals surface area contributed by atoms with Gasteiger partial charge in [0.05, 0.1) is 19.6 Å². The monoisotopic (exact) mass is 278 g/mol. The number of benzene rings is 1. The summed E-state index contributed by atoms with van der Waals surface area (Å²) in [6.07, 6.45) is 2.84. The quantitative estimate of drug-likeness (QED) is 0.750. The lowest BCUT2D eigenvalue weighted by Crippen LogP contribution is -2.20. The highest BCUT2D eigenvalue weighted by molar-refractivity contribution is 5.69. The van der Waals surface area contributed by atoms with Gasteiger partial charge in [-0.15, -0.1) is 0 Å². The van der Waals surface area contributed by atoms with Crippen LogP contribution >= 0.6 is 0 Å². The van der Waals surface area contributed by atoms with Gasteiger partial charge in [-0.2, -0.15) is 0 Å². The van der Waals surface area contributed by atoms with Gasteiger partial charge in [-0.05, 0) is 18.4 Å². The molecule has 0 aliphatic carbocycles. The molecule has 0 saturated carbocycles. The van der Waals surface area contributed by atoms with Gasteiger partial charge in [-0.25, -0.2) is 0 Å². The molecule has 1 aliphatic rings. The number of carbonyl (C=O) groups is 1. The molecule has 0 radical (unpaired) electrons. The van der Waals surface area contributed by atoms with E-state index in [4.69, 9.17) is 14.2 Å². The van der Waals surface area contributed by atoms with Crippen molar-refractivity contribution < 1.29 is 19.0 Å². The summed E-state index contributed by atoms with van der Waals surface area (Å²) in [6.45, 7) is 0. The minimum absolute atomic E-state index is 0.0549. The first-order chi connectivity index (χ1) is 9.72. The van der Waals surface area contributed by atoms with Crippen LogP contribution in [0.5, 0.6) is 0 Å². The van der Waals surface area contributed by atoms with Gasteiger partial charge in [0, 0.05) is 19.4 Å². The molecule has 0 spiro atoms. The number of hydrogen-bond donors (Lipinski definition) is 0. The fourth-order valence-electron chi connectivity index (χ4n) is 2.68. The van der Waals surface area contributed by atoms with Crippen LogP contribution in [0, 0.1) is 5.92 Å². The molecule has 20 heavy (non-hydrogen) atoms. The highest BCUT2D eigenvalue weighted by Crippen LogP contribution is 2.32. The number of ether oxygens (including phenoxy) is 3. The SMILES string of the molecule is COC(=O)C[C@H]1C[C@@H](OC)O[C@@H]1CCc1ccccc1. The summed E-state index contributed by atoms with van der Waals surface area (Å²) in [5.74, 6) is -0.00354. The molecule has 3 atom stereocenters. The van der Waals surface area contributed by atoms with Crippen LogP contribution in [0.15, 0.2) is 30.3 Å². The summed E-state index contributed by atoms with van der Waals surface area (Å²) in [5, 5.41) is 0. The topological polar surface area (TPSA) is 44.8 Å². The molecule has 110 valence electrons. The maximum Gasteiger partial charge on any atom is 0.305 e. The fourth-order valence-corrected chi connectivity index (χ4v) is 2.68. The summed E-state index contributed by atoms with van der Waals surface area (Å²) >= 11 is 0. The first kappa shape index (κ1) is 15.0. The van der Waals surface area contributed by atoms with Gasteiger partial charge in [-0.1, -0.05) is 30.3 Å². The number of esters is 1. The largest absolute Gasteiger partial charge is 0.469 e. The molecule has 1 aliphatic heterocycles. The van der Waals surface area contributed by atoms with Crippen molar-refractivity contribution in [3.63, 3.8) is 0 Å². The van der Waals surface area contributed by atoms with Gasteiger partial charge in [0.25, 0.3) is 0 Å². The molecule has 2 rings (SSSR count). The van der Waals surface area contributed by atoms with Crippen LogP contribution in [0.25, 0.3) is 0 Å². The number of rotatable bonds is 6. The summed E-state index contributed by atoms with van der Waals surface area (Å²) in [7, 11) is 3.06. The average molecular weight is 278 g/mol. The highest BCUT2D eigenvalue weighted by atomic mass is 16.7. The molecule has 0 N–H and O–H groups in total. The average Bonchev–Trinajstić information content (AvgIpc) is 2.88. The molecular weight excluding hydrogens is 256 g/mol. The molecular formula is C16H22O4. The van der Waals surface area contributed by atoms with Crippen LogP contribution in [-0.2, 0) is 25.4 Å². The van der Waals surface area contributed by atoms with Gasteiger partial charge >= 0.3 is 5.97 Å². The van der Waals surface area contributed by atoms with Crippen LogP contribution in [0.3, 0.4) is 0 Å². The standard InChI is InChI=1S/C16H22O4/c1-18-15(17)10-13-11-16(19-2)20-14(13)9-8-12-6-4-3-5-7-12/h3-7,13-14,16H,8-11H2,1-2H3/t13-,14+,16-/m0/s1. The lowest BCUT2D eigenvalue weighted by Gasteiger charge is -2.17. The third-order valence-electron chi connectivity index (χ3n) is 3.83. The first-order valence-electron chi connectivity index (χ1n) is 7.02. The normalized spacial score (nSPS) is 25.6. The van der Waals surface area contributed by atoms with Gasteiger partial charge in [0.15, 0.2) is 6.29 Å². The molecule has 4 heteroatoms. The van der Waals surface area contributed by atoms with Crippen molar-refractivity contribution in [2.24, 2.45) is 5.92 Å². The fraction of sp³-hybridized carbons (Fsp3) is 0.562. The molecule has 1 saturated heterocycles. The second-order valence-electron chi connectivity index (χ2n) is 5.14. The van der Waals surface area contributed by atoms with Gasteiger partial charge < -0.3 is 14.2 Å². The minimum atomic E-state index is -0.203. The number of hydrogen-bond acceptors (Lipinski definition) is 4. The Morgan fingerprint density at radius 1 is 1.30 bits per heavy atom. The van der Waals surface area contributed by atoms with Crippen molar-refractivity contribution in [1.82, 2.24) is 0 Å². The van der Waals surface area contributed by atoms with Crippen molar-refractivity contribution in [3.8, 4) is 0 Å². The molecule has 0 aromatic heterocycles. The smallest absolute Gasteiger partial charge is 0.305 e. The summed E-state index contributed by atoms with van der Waals surface area (Å²) < 4.78 is 15.9. The van der Waals surface area contributed by atoms with E-state index in [1.165, 1.54) is 12.7 Å². The maximum atomic E-state index is 11.5. The van der Waals surface area contributed by atoms with Crippen molar-refractivity contribution in [2.75, 3.05) is 14.2 Å². The van der Waals surface area contributed by atoms with Crippen LogP contribution in [0.1, 0.15) is 24.8 Å². The Hall–Kier alpha value is -1.39. The Morgan fingerprint density at radius 2 is 2.05 bits per heavy atom. The van der Waals surface area contributed by atoms with E-state index in [9.17, 15) is 4.79 Å². The van der Waals surface area contributed by atoms with E-state index in [0.717, 1.165) is 19.3 Å². The summed E-state index contributed by atoms with van der Waals surface area (Å²) in [4.78, 5) is 11.5. The van der Waals surface area contributed by atoms with E-state index < -0.39 is 0 Å². The summed E-state index contributed by atoms with van der Waals surface area (Å²) in [5.41, 5.74) is 1.29. The molecule has 1 aromatic rings. The highest BCUT2D eigenvalue weighted by Gasteiger charge is 2.36. The third-order valence-corrected chi connectivity index (χ3v) is 3.83. The van der Waals surface area contributed by atoms with Crippen molar-refractivity contribution in [3.05, 3.63) is 35.9 Å². The molecule has 0 unspecified atom stereocenters. The van der Waals surface area contributed by atoms with E-state index in [1.807, 2.05) is 18.2 Å². The Kier molecular flexibility index (Phi) is 5.56. The van der Waals surface area contributed by atoms with E-state index in [1.54, 1.807) is 7.11 Å². The number of methoxy groups -OCH3 is 2. The zero-order valence-electron chi connectivity index (χ0n) is 12.1. The molecule has 1 heterocycles. The zero-order valence-corrected chi connectivity index (χ0v) is 12.1.